The molecule has 4 rings (SSSR count). The van der Waals surface area contributed by atoms with Gasteiger partial charge in [0.1, 0.15) is 9.96 Å². The molecule has 1 aromatic carbocycles. The van der Waals surface area contributed by atoms with E-state index in [0.29, 0.717) is 23.7 Å². The number of nitrogens with zero attached hydrogens (tertiary/aromatic N) is 2. The minimum atomic E-state index is -3.67. The molecular weight excluding hydrogens is 430 g/mol. The topological polar surface area (TPSA) is 88.6 Å². The third-order valence-corrected chi connectivity index (χ3v) is 7.93. The molecule has 0 saturated heterocycles. The van der Waals surface area contributed by atoms with Crippen molar-refractivity contribution in [3.63, 3.8) is 0 Å². The maximum absolute atomic E-state index is 12.5. The lowest BCUT2D eigenvalue weighted by Crippen LogP contribution is -2.38. The Hall–Kier alpha value is -2.69. The van der Waals surface area contributed by atoms with Gasteiger partial charge in [-0.2, -0.15) is 0 Å². The number of benzene rings is 1. The maximum Gasteiger partial charge on any atom is 0.273 e. The Labute approximate surface area is 176 Å². The number of hydrogen-bond donors (Lipinski definition) is 1. The van der Waals surface area contributed by atoms with E-state index in [1.54, 1.807) is 34.6 Å². The van der Waals surface area contributed by atoms with Crippen molar-refractivity contribution in [2.75, 3.05) is 22.8 Å². The molecule has 3 heterocycles. The number of amides is 1. The summed E-state index contributed by atoms with van der Waals surface area (Å²) >= 11 is 2.40. The van der Waals surface area contributed by atoms with Crippen LogP contribution in [0, 0.1) is 6.92 Å². The summed E-state index contributed by atoms with van der Waals surface area (Å²) in [6, 6.07) is 8.76. The van der Waals surface area contributed by atoms with Crippen LogP contribution in [0.3, 0.4) is 0 Å². The number of carbonyl (C=O) groups excluding carboxylic acids is 1. The van der Waals surface area contributed by atoms with Gasteiger partial charge in [0.25, 0.3) is 15.9 Å². The van der Waals surface area contributed by atoms with Gasteiger partial charge >= 0.3 is 0 Å². The molecular formula is C19H17N3O4S3. The third-order valence-electron chi connectivity index (χ3n) is 4.22. The van der Waals surface area contributed by atoms with E-state index in [1.807, 2.05) is 19.1 Å². The van der Waals surface area contributed by atoms with Gasteiger partial charge < -0.3 is 9.64 Å². The zero-order valence-electron chi connectivity index (χ0n) is 15.4. The number of ether oxygens (including phenoxy) is 1. The standard InChI is InChI=1S/C19H17N3O4S3/c1-3-8-22-15-9-13(5-6-16(15)26-10-17(22)23)14-11-27-19(20-14)21-29(24,25)18-7-4-12(2)28-18/h3-7,9,11H,1,8,10H2,2H3,(H,20,21). The fourth-order valence-corrected chi connectivity index (χ4v) is 6.12. The first-order valence-corrected chi connectivity index (χ1v) is 11.8. The van der Waals surface area contributed by atoms with Crippen LogP contribution in [0.25, 0.3) is 11.3 Å². The maximum atomic E-state index is 12.5. The molecule has 0 saturated carbocycles. The summed E-state index contributed by atoms with van der Waals surface area (Å²) in [5.74, 6) is 0.465. The number of carbonyl (C=O) groups is 1. The van der Waals surface area contributed by atoms with Crippen LogP contribution >= 0.6 is 22.7 Å². The monoisotopic (exact) mass is 447 g/mol. The number of thiazole rings is 1. The van der Waals surface area contributed by atoms with Gasteiger partial charge in [0.05, 0.1) is 11.4 Å². The van der Waals surface area contributed by atoms with Gasteiger partial charge in [-0.15, -0.1) is 29.3 Å². The number of aryl methyl sites for hydroxylation is 1. The normalized spacial score (nSPS) is 13.7. The first-order chi connectivity index (χ1) is 13.9. The Morgan fingerprint density at radius 2 is 2.17 bits per heavy atom. The predicted octanol–water partition coefficient (Wildman–Crippen LogP) is 3.89. The summed E-state index contributed by atoms with van der Waals surface area (Å²) in [5, 5.41) is 2.04. The number of thiophene rings is 1. The molecule has 3 aromatic rings. The van der Waals surface area contributed by atoms with Crippen LogP contribution in [0.5, 0.6) is 5.75 Å². The number of sulfonamides is 1. The van der Waals surface area contributed by atoms with E-state index in [-0.39, 0.29) is 21.9 Å². The molecule has 1 N–H and O–H groups in total. The third kappa shape index (κ3) is 3.91. The van der Waals surface area contributed by atoms with Crippen molar-refractivity contribution in [1.29, 1.82) is 0 Å². The summed E-state index contributed by atoms with van der Waals surface area (Å²) < 4.78 is 33.3. The van der Waals surface area contributed by atoms with Crippen molar-refractivity contribution >= 4 is 49.4 Å². The predicted molar refractivity (Wildman–Crippen MR) is 115 cm³/mol. The zero-order chi connectivity index (χ0) is 20.6. The molecule has 150 valence electrons. The summed E-state index contributed by atoms with van der Waals surface area (Å²) in [6.07, 6.45) is 1.65. The number of rotatable bonds is 6. The Morgan fingerprint density at radius 1 is 1.34 bits per heavy atom. The highest BCUT2D eigenvalue weighted by Gasteiger charge is 2.25. The lowest BCUT2D eigenvalue weighted by Gasteiger charge is -2.28. The van der Waals surface area contributed by atoms with Gasteiger partial charge in [-0.05, 0) is 37.3 Å². The molecule has 1 aliphatic rings. The van der Waals surface area contributed by atoms with Crippen LogP contribution < -0.4 is 14.4 Å². The van der Waals surface area contributed by atoms with Crippen LogP contribution in [-0.4, -0.2) is 32.5 Å². The van der Waals surface area contributed by atoms with Crippen LogP contribution in [0.1, 0.15) is 4.88 Å². The molecule has 0 radical (unpaired) electrons. The first kappa shape index (κ1) is 19.6. The fourth-order valence-electron chi connectivity index (χ4n) is 2.87. The molecule has 0 spiro atoms. The van der Waals surface area contributed by atoms with Gasteiger partial charge in [0, 0.05) is 22.4 Å². The number of anilines is 2. The van der Waals surface area contributed by atoms with Crippen molar-refractivity contribution in [2.45, 2.75) is 11.1 Å². The molecule has 0 aliphatic carbocycles. The van der Waals surface area contributed by atoms with E-state index in [2.05, 4.69) is 16.3 Å². The summed E-state index contributed by atoms with van der Waals surface area (Å²) in [6.45, 7) is 5.92. The van der Waals surface area contributed by atoms with E-state index < -0.39 is 10.0 Å². The van der Waals surface area contributed by atoms with Crippen LogP contribution in [0.2, 0.25) is 0 Å². The average molecular weight is 448 g/mol. The molecule has 0 atom stereocenters. The molecule has 0 fully saturated rings. The van der Waals surface area contributed by atoms with E-state index in [1.165, 1.54) is 22.7 Å². The van der Waals surface area contributed by atoms with Crippen molar-refractivity contribution in [1.82, 2.24) is 4.98 Å². The van der Waals surface area contributed by atoms with E-state index in [0.717, 1.165) is 10.4 Å². The number of aromatic nitrogens is 1. The molecule has 0 bridgehead atoms. The summed E-state index contributed by atoms with van der Waals surface area (Å²) in [7, 11) is -3.67. The minimum Gasteiger partial charge on any atom is -0.482 e. The zero-order valence-corrected chi connectivity index (χ0v) is 17.9. The highest BCUT2D eigenvalue weighted by molar-refractivity contribution is 7.94. The first-order valence-electron chi connectivity index (χ1n) is 8.60. The van der Waals surface area contributed by atoms with Crippen molar-refractivity contribution in [3.8, 4) is 17.0 Å². The highest BCUT2D eigenvalue weighted by Crippen LogP contribution is 2.37. The SMILES string of the molecule is C=CCN1C(=O)COc2ccc(-c3csc(NS(=O)(=O)c4ccc(C)s4)n3)cc21. The van der Waals surface area contributed by atoms with E-state index in [4.69, 9.17) is 4.74 Å². The highest BCUT2D eigenvalue weighted by atomic mass is 32.2. The Kier molecular flexibility index (Phi) is 5.15. The fraction of sp³-hybridized carbons (Fsp3) is 0.158. The van der Waals surface area contributed by atoms with Crippen LogP contribution in [0.4, 0.5) is 10.8 Å². The molecule has 7 nitrogen and oxygen atoms in total. The molecule has 10 heteroatoms. The molecule has 1 aliphatic heterocycles. The average Bonchev–Trinajstić information content (AvgIpc) is 3.33. The molecule has 0 unspecified atom stereocenters. The molecule has 1 amide bonds. The number of nitrogens with one attached hydrogen (secondary N) is 1. The minimum absolute atomic E-state index is 0.00892. The smallest absolute Gasteiger partial charge is 0.273 e. The van der Waals surface area contributed by atoms with Crippen LogP contribution in [-0.2, 0) is 14.8 Å². The number of hydrogen-bond acceptors (Lipinski definition) is 7. The lowest BCUT2D eigenvalue weighted by atomic mass is 10.1. The Bertz CT molecular complexity index is 1200. The van der Waals surface area contributed by atoms with Crippen molar-refractivity contribution in [3.05, 3.63) is 53.2 Å². The second-order valence-corrected chi connectivity index (χ2v) is 10.3. The Balaban J connectivity index is 1.62. The largest absolute Gasteiger partial charge is 0.482 e. The number of fused-ring (bicyclic) bond motifs is 1. The summed E-state index contributed by atoms with van der Waals surface area (Å²) in [5.41, 5.74) is 2.00. The van der Waals surface area contributed by atoms with Crippen molar-refractivity contribution in [2.24, 2.45) is 0 Å². The van der Waals surface area contributed by atoms with Crippen molar-refractivity contribution < 1.29 is 17.9 Å². The van der Waals surface area contributed by atoms with E-state index >= 15 is 0 Å². The lowest BCUT2D eigenvalue weighted by molar-refractivity contribution is -0.121. The van der Waals surface area contributed by atoms with Crippen LogP contribution in [0.15, 0.2) is 52.6 Å². The van der Waals surface area contributed by atoms with Gasteiger partial charge in [0.15, 0.2) is 11.7 Å². The van der Waals surface area contributed by atoms with Gasteiger partial charge in [-0.3, -0.25) is 9.52 Å². The molecule has 2 aromatic heterocycles. The quantitative estimate of drug-likeness (QED) is 0.579. The van der Waals surface area contributed by atoms with Gasteiger partial charge in [-0.25, -0.2) is 13.4 Å². The Morgan fingerprint density at radius 3 is 2.90 bits per heavy atom. The second-order valence-electron chi connectivity index (χ2n) is 6.27. The van der Waals surface area contributed by atoms with E-state index in [9.17, 15) is 13.2 Å². The van der Waals surface area contributed by atoms with Gasteiger partial charge in [0.2, 0.25) is 0 Å². The second kappa shape index (κ2) is 7.62. The molecule has 29 heavy (non-hydrogen) atoms. The van der Waals surface area contributed by atoms with Gasteiger partial charge in [-0.1, -0.05) is 6.08 Å². The summed E-state index contributed by atoms with van der Waals surface area (Å²) in [4.78, 5) is 19.1.